The first-order valence-electron chi connectivity index (χ1n) is 8.51. The van der Waals surface area contributed by atoms with Crippen LogP contribution in [0.3, 0.4) is 0 Å². The predicted molar refractivity (Wildman–Crippen MR) is 108 cm³/mol. The number of anilines is 1. The van der Waals surface area contributed by atoms with Gasteiger partial charge in [-0.2, -0.15) is 0 Å². The van der Waals surface area contributed by atoms with Crippen molar-refractivity contribution in [2.45, 2.75) is 24.8 Å². The second-order valence-electron chi connectivity index (χ2n) is 6.25. The number of hydrogen-bond acceptors (Lipinski definition) is 5. The van der Waals surface area contributed by atoms with Gasteiger partial charge in [0.15, 0.2) is 6.61 Å². The van der Waals surface area contributed by atoms with Gasteiger partial charge in [-0.25, -0.2) is 8.42 Å². The minimum absolute atomic E-state index is 0.0884. The maximum absolute atomic E-state index is 12.5. The molecule has 0 radical (unpaired) electrons. The molecule has 0 heterocycles. The van der Waals surface area contributed by atoms with Crippen molar-refractivity contribution in [3.05, 3.63) is 53.1 Å². The Balaban J connectivity index is 2.02. The van der Waals surface area contributed by atoms with E-state index in [0.717, 1.165) is 0 Å². The zero-order valence-electron chi connectivity index (χ0n) is 15.9. The standard InChI is InChI=1S/C19H23ClN2O5S/c1-13-10-17(28(24,25)22-16-6-4-15(20)5-7-16)8-9-18(13)27-12-19(23)21-14(2)11-26-3/h4-10,14,22H,11-12H2,1-3H3,(H,21,23)/t14-/m1/s1. The molecule has 2 aromatic carbocycles. The highest BCUT2D eigenvalue weighted by Crippen LogP contribution is 2.24. The molecule has 9 heteroatoms. The van der Waals surface area contributed by atoms with Crippen LogP contribution in [0.15, 0.2) is 47.4 Å². The Bertz CT molecular complexity index is 916. The molecular formula is C19H23ClN2O5S. The van der Waals surface area contributed by atoms with Crippen molar-refractivity contribution in [3.8, 4) is 5.75 Å². The first-order chi connectivity index (χ1) is 13.2. The molecule has 152 valence electrons. The number of ether oxygens (including phenoxy) is 2. The number of amides is 1. The van der Waals surface area contributed by atoms with Crippen LogP contribution in [0.5, 0.6) is 5.75 Å². The van der Waals surface area contributed by atoms with Gasteiger partial charge < -0.3 is 14.8 Å². The number of sulfonamides is 1. The Kier molecular flexibility index (Phi) is 7.68. The van der Waals surface area contributed by atoms with Crippen molar-refractivity contribution in [2.75, 3.05) is 25.0 Å². The Labute approximate surface area is 170 Å². The highest BCUT2D eigenvalue weighted by atomic mass is 35.5. The molecule has 2 N–H and O–H groups in total. The zero-order valence-corrected chi connectivity index (χ0v) is 17.4. The quantitative estimate of drug-likeness (QED) is 0.642. The van der Waals surface area contributed by atoms with Gasteiger partial charge in [0, 0.05) is 23.9 Å². The number of benzene rings is 2. The molecule has 1 atom stereocenters. The SMILES string of the molecule is COC[C@@H](C)NC(=O)COc1ccc(S(=O)(=O)Nc2ccc(Cl)cc2)cc1C. The normalized spacial score (nSPS) is 12.3. The maximum Gasteiger partial charge on any atom is 0.261 e. The number of nitrogens with one attached hydrogen (secondary N) is 2. The topological polar surface area (TPSA) is 93.7 Å². The van der Waals surface area contributed by atoms with Gasteiger partial charge in [-0.1, -0.05) is 11.6 Å². The van der Waals surface area contributed by atoms with E-state index in [0.29, 0.717) is 28.6 Å². The van der Waals surface area contributed by atoms with E-state index in [4.69, 9.17) is 21.1 Å². The van der Waals surface area contributed by atoms with Crippen molar-refractivity contribution in [1.82, 2.24) is 5.32 Å². The fourth-order valence-corrected chi connectivity index (χ4v) is 3.70. The van der Waals surface area contributed by atoms with E-state index in [-0.39, 0.29) is 23.5 Å². The van der Waals surface area contributed by atoms with E-state index < -0.39 is 10.0 Å². The molecule has 2 rings (SSSR count). The number of hydrogen-bond donors (Lipinski definition) is 2. The summed E-state index contributed by atoms with van der Waals surface area (Å²) in [5.41, 5.74) is 1.00. The number of methoxy groups -OCH3 is 1. The van der Waals surface area contributed by atoms with Gasteiger partial charge in [0.05, 0.1) is 11.5 Å². The van der Waals surface area contributed by atoms with E-state index >= 15 is 0 Å². The van der Waals surface area contributed by atoms with Gasteiger partial charge in [0.25, 0.3) is 15.9 Å². The highest BCUT2D eigenvalue weighted by molar-refractivity contribution is 7.92. The minimum Gasteiger partial charge on any atom is -0.484 e. The lowest BCUT2D eigenvalue weighted by Gasteiger charge is -2.14. The fraction of sp³-hybridized carbons (Fsp3) is 0.316. The molecule has 1 amide bonds. The summed E-state index contributed by atoms with van der Waals surface area (Å²) in [6.45, 7) is 3.75. The van der Waals surface area contributed by atoms with Crippen LogP contribution < -0.4 is 14.8 Å². The Morgan fingerprint density at radius 2 is 1.86 bits per heavy atom. The van der Waals surface area contributed by atoms with Gasteiger partial charge in [-0.3, -0.25) is 9.52 Å². The second-order valence-corrected chi connectivity index (χ2v) is 8.37. The average molecular weight is 427 g/mol. The summed E-state index contributed by atoms with van der Waals surface area (Å²) in [5, 5.41) is 3.25. The van der Waals surface area contributed by atoms with E-state index in [1.54, 1.807) is 38.3 Å². The first kappa shape index (κ1) is 22.0. The van der Waals surface area contributed by atoms with Crippen LogP contribution in [0.1, 0.15) is 12.5 Å². The van der Waals surface area contributed by atoms with E-state index in [1.807, 2.05) is 6.92 Å². The molecule has 2 aromatic rings. The summed E-state index contributed by atoms with van der Waals surface area (Å²) in [6.07, 6.45) is 0. The number of rotatable bonds is 9. The molecule has 7 nitrogen and oxygen atoms in total. The lowest BCUT2D eigenvalue weighted by atomic mass is 10.2. The summed E-state index contributed by atoms with van der Waals surface area (Å²) in [7, 11) is -2.21. The molecule has 0 saturated carbocycles. The van der Waals surface area contributed by atoms with Crippen LogP contribution in [0.25, 0.3) is 0 Å². The predicted octanol–water partition coefficient (Wildman–Crippen LogP) is 2.98. The Hall–Kier alpha value is -2.29. The van der Waals surface area contributed by atoms with Crippen molar-refractivity contribution in [2.24, 2.45) is 0 Å². The van der Waals surface area contributed by atoms with Gasteiger partial charge in [0.2, 0.25) is 0 Å². The summed E-state index contributed by atoms with van der Waals surface area (Å²) < 4.78 is 38.0. The summed E-state index contributed by atoms with van der Waals surface area (Å²) in [5.74, 6) is 0.144. The molecule has 0 spiro atoms. The smallest absolute Gasteiger partial charge is 0.261 e. The third-order valence-corrected chi connectivity index (χ3v) is 5.37. The van der Waals surface area contributed by atoms with Gasteiger partial charge in [0.1, 0.15) is 5.75 Å². The van der Waals surface area contributed by atoms with Crippen LogP contribution in [0, 0.1) is 6.92 Å². The molecule has 0 aliphatic rings. The second kappa shape index (κ2) is 9.77. The van der Waals surface area contributed by atoms with Crippen molar-refractivity contribution < 1.29 is 22.7 Å². The molecule has 0 bridgehead atoms. The highest BCUT2D eigenvalue weighted by Gasteiger charge is 2.16. The molecule has 28 heavy (non-hydrogen) atoms. The molecule has 0 aliphatic carbocycles. The molecule has 0 aromatic heterocycles. The average Bonchev–Trinajstić information content (AvgIpc) is 2.62. The van der Waals surface area contributed by atoms with E-state index in [2.05, 4.69) is 10.0 Å². The molecular weight excluding hydrogens is 404 g/mol. The van der Waals surface area contributed by atoms with E-state index in [1.165, 1.54) is 18.2 Å². The third-order valence-electron chi connectivity index (χ3n) is 3.74. The van der Waals surface area contributed by atoms with Crippen LogP contribution in [0.4, 0.5) is 5.69 Å². The van der Waals surface area contributed by atoms with Gasteiger partial charge >= 0.3 is 0 Å². The zero-order chi connectivity index (χ0) is 20.7. The lowest BCUT2D eigenvalue weighted by Crippen LogP contribution is -2.38. The van der Waals surface area contributed by atoms with Crippen molar-refractivity contribution >= 4 is 33.2 Å². The molecule has 0 fully saturated rings. The van der Waals surface area contributed by atoms with Gasteiger partial charge in [-0.15, -0.1) is 0 Å². The largest absolute Gasteiger partial charge is 0.484 e. The summed E-state index contributed by atoms with van der Waals surface area (Å²) in [6, 6.07) is 10.7. The van der Waals surface area contributed by atoms with Crippen LogP contribution in [-0.2, 0) is 19.6 Å². The number of aryl methyl sites for hydroxylation is 1. The molecule has 0 unspecified atom stereocenters. The summed E-state index contributed by atoms with van der Waals surface area (Å²) >= 11 is 5.81. The Morgan fingerprint density at radius 3 is 2.46 bits per heavy atom. The number of carbonyl (C=O) groups excluding carboxylic acids is 1. The molecule has 0 aliphatic heterocycles. The third kappa shape index (κ3) is 6.40. The first-order valence-corrected chi connectivity index (χ1v) is 10.4. The lowest BCUT2D eigenvalue weighted by molar-refractivity contribution is -0.124. The maximum atomic E-state index is 12.5. The summed E-state index contributed by atoms with van der Waals surface area (Å²) in [4.78, 5) is 11.9. The van der Waals surface area contributed by atoms with Crippen molar-refractivity contribution in [1.29, 1.82) is 0 Å². The van der Waals surface area contributed by atoms with E-state index in [9.17, 15) is 13.2 Å². The Morgan fingerprint density at radius 1 is 1.18 bits per heavy atom. The van der Waals surface area contributed by atoms with Crippen LogP contribution >= 0.6 is 11.6 Å². The van der Waals surface area contributed by atoms with Gasteiger partial charge in [-0.05, 0) is 61.9 Å². The van der Waals surface area contributed by atoms with Crippen LogP contribution in [0.2, 0.25) is 5.02 Å². The minimum atomic E-state index is -3.76. The monoisotopic (exact) mass is 426 g/mol. The fourth-order valence-electron chi connectivity index (χ4n) is 2.43. The van der Waals surface area contributed by atoms with Crippen molar-refractivity contribution in [3.63, 3.8) is 0 Å². The number of halogens is 1. The number of carbonyl (C=O) groups is 1. The van der Waals surface area contributed by atoms with Crippen LogP contribution in [-0.4, -0.2) is 40.7 Å². The molecule has 0 saturated heterocycles.